The SMILES string of the molecule is CN(C)c1ccc(-c2cc3cc(Br)ccc3o2)cn1. The summed E-state index contributed by atoms with van der Waals surface area (Å²) in [7, 11) is 3.95. The molecular formula is C15H13BrN2O. The highest BCUT2D eigenvalue weighted by Crippen LogP contribution is 2.29. The number of furan rings is 1. The molecule has 0 aliphatic heterocycles. The number of hydrogen-bond acceptors (Lipinski definition) is 3. The van der Waals surface area contributed by atoms with Crippen molar-refractivity contribution in [1.82, 2.24) is 4.98 Å². The Hall–Kier alpha value is -1.81. The summed E-state index contributed by atoms with van der Waals surface area (Å²) in [6, 6.07) is 12.0. The summed E-state index contributed by atoms with van der Waals surface area (Å²) in [6.07, 6.45) is 1.84. The molecule has 19 heavy (non-hydrogen) atoms. The van der Waals surface area contributed by atoms with Crippen LogP contribution in [0.2, 0.25) is 0 Å². The third kappa shape index (κ3) is 2.36. The van der Waals surface area contributed by atoms with Gasteiger partial charge in [-0.05, 0) is 36.4 Å². The molecule has 0 amide bonds. The summed E-state index contributed by atoms with van der Waals surface area (Å²) in [5, 5.41) is 1.08. The first-order valence-electron chi connectivity index (χ1n) is 5.96. The lowest BCUT2D eigenvalue weighted by Gasteiger charge is -2.10. The average molecular weight is 317 g/mol. The molecule has 3 aromatic rings. The molecule has 0 spiro atoms. The van der Waals surface area contributed by atoms with Gasteiger partial charge in [0.15, 0.2) is 0 Å². The van der Waals surface area contributed by atoms with Crippen LogP contribution in [0.15, 0.2) is 51.5 Å². The Balaban J connectivity index is 2.03. The van der Waals surface area contributed by atoms with Gasteiger partial charge in [-0.15, -0.1) is 0 Å². The lowest BCUT2D eigenvalue weighted by molar-refractivity contribution is 0.631. The fraction of sp³-hybridized carbons (Fsp3) is 0.133. The van der Waals surface area contributed by atoms with E-state index in [2.05, 4.69) is 20.9 Å². The van der Waals surface area contributed by atoms with Crippen LogP contribution in [0.5, 0.6) is 0 Å². The number of rotatable bonds is 2. The standard InChI is InChI=1S/C15H13BrN2O/c1-18(2)15-6-3-10(9-17-15)14-8-11-7-12(16)4-5-13(11)19-14/h3-9H,1-2H3. The van der Waals surface area contributed by atoms with Crippen molar-refractivity contribution < 1.29 is 4.42 Å². The van der Waals surface area contributed by atoms with Crippen molar-refractivity contribution in [3.63, 3.8) is 0 Å². The van der Waals surface area contributed by atoms with Crippen molar-refractivity contribution in [3.8, 4) is 11.3 Å². The summed E-state index contributed by atoms with van der Waals surface area (Å²) >= 11 is 3.46. The topological polar surface area (TPSA) is 29.3 Å². The Morgan fingerprint density at radius 1 is 1.11 bits per heavy atom. The van der Waals surface area contributed by atoms with E-state index in [4.69, 9.17) is 4.42 Å². The molecule has 0 fully saturated rings. The maximum atomic E-state index is 5.83. The lowest BCUT2D eigenvalue weighted by Crippen LogP contribution is -2.09. The number of hydrogen-bond donors (Lipinski definition) is 0. The quantitative estimate of drug-likeness (QED) is 0.705. The van der Waals surface area contributed by atoms with Crippen LogP contribution in [0.3, 0.4) is 0 Å². The summed E-state index contributed by atoms with van der Waals surface area (Å²) in [6.45, 7) is 0. The molecule has 3 rings (SSSR count). The summed E-state index contributed by atoms with van der Waals surface area (Å²) < 4.78 is 6.88. The van der Waals surface area contributed by atoms with E-state index < -0.39 is 0 Å². The molecule has 2 heterocycles. The minimum absolute atomic E-state index is 0.839. The van der Waals surface area contributed by atoms with Crippen LogP contribution in [0.4, 0.5) is 5.82 Å². The van der Waals surface area contributed by atoms with Gasteiger partial charge in [-0.1, -0.05) is 15.9 Å². The van der Waals surface area contributed by atoms with Crippen molar-refractivity contribution in [3.05, 3.63) is 47.1 Å². The zero-order valence-electron chi connectivity index (χ0n) is 10.7. The summed E-state index contributed by atoms with van der Waals surface area (Å²) in [5.74, 6) is 1.77. The minimum atomic E-state index is 0.839. The maximum absolute atomic E-state index is 5.83. The number of anilines is 1. The first kappa shape index (κ1) is 12.2. The van der Waals surface area contributed by atoms with Gasteiger partial charge in [0.05, 0.1) is 0 Å². The fourth-order valence-corrected chi connectivity index (χ4v) is 2.33. The number of nitrogens with zero attached hydrogens (tertiary/aromatic N) is 2. The van der Waals surface area contributed by atoms with Gasteiger partial charge in [0.1, 0.15) is 17.2 Å². The average Bonchev–Trinajstić information content (AvgIpc) is 2.81. The number of pyridine rings is 1. The second-order valence-corrected chi connectivity index (χ2v) is 5.51. The Morgan fingerprint density at radius 2 is 1.95 bits per heavy atom. The largest absolute Gasteiger partial charge is 0.456 e. The number of benzene rings is 1. The van der Waals surface area contributed by atoms with Crippen LogP contribution in [0, 0.1) is 0 Å². The molecule has 0 aliphatic carbocycles. The predicted molar refractivity (Wildman–Crippen MR) is 81.5 cm³/mol. The van der Waals surface area contributed by atoms with Crippen molar-refractivity contribution in [2.45, 2.75) is 0 Å². The first-order valence-corrected chi connectivity index (χ1v) is 6.75. The molecule has 0 radical (unpaired) electrons. The van der Waals surface area contributed by atoms with Crippen molar-refractivity contribution >= 4 is 32.7 Å². The van der Waals surface area contributed by atoms with E-state index in [1.807, 2.05) is 61.6 Å². The summed E-state index contributed by atoms with van der Waals surface area (Å²) in [5.41, 5.74) is 1.87. The van der Waals surface area contributed by atoms with Gasteiger partial charge in [-0.25, -0.2) is 4.98 Å². The van der Waals surface area contributed by atoms with Crippen LogP contribution in [0.25, 0.3) is 22.3 Å². The van der Waals surface area contributed by atoms with Crippen LogP contribution in [-0.4, -0.2) is 19.1 Å². The van der Waals surface area contributed by atoms with Gasteiger partial charge >= 0.3 is 0 Å². The van der Waals surface area contributed by atoms with Crippen molar-refractivity contribution in [1.29, 1.82) is 0 Å². The monoisotopic (exact) mass is 316 g/mol. The highest BCUT2D eigenvalue weighted by atomic mass is 79.9. The van der Waals surface area contributed by atoms with E-state index in [-0.39, 0.29) is 0 Å². The molecule has 0 unspecified atom stereocenters. The molecule has 0 aliphatic rings. The molecule has 0 saturated heterocycles. The van der Waals surface area contributed by atoms with Gasteiger partial charge in [0.25, 0.3) is 0 Å². The Labute approximate surface area is 120 Å². The van der Waals surface area contributed by atoms with Crippen LogP contribution < -0.4 is 4.90 Å². The number of fused-ring (bicyclic) bond motifs is 1. The molecule has 0 saturated carbocycles. The van der Waals surface area contributed by atoms with E-state index in [9.17, 15) is 0 Å². The molecule has 1 aromatic carbocycles. The van der Waals surface area contributed by atoms with E-state index in [0.29, 0.717) is 0 Å². The Kier molecular flexibility index (Phi) is 3.03. The van der Waals surface area contributed by atoms with E-state index >= 15 is 0 Å². The number of halogens is 1. The smallest absolute Gasteiger partial charge is 0.136 e. The maximum Gasteiger partial charge on any atom is 0.136 e. The van der Waals surface area contributed by atoms with Gasteiger partial charge in [0.2, 0.25) is 0 Å². The van der Waals surface area contributed by atoms with Crippen molar-refractivity contribution in [2.75, 3.05) is 19.0 Å². The summed E-state index contributed by atoms with van der Waals surface area (Å²) in [4.78, 5) is 6.37. The van der Waals surface area contributed by atoms with E-state index in [1.54, 1.807) is 0 Å². The van der Waals surface area contributed by atoms with Crippen LogP contribution >= 0.6 is 15.9 Å². The van der Waals surface area contributed by atoms with Crippen molar-refractivity contribution in [2.24, 2.45) is 0 Å². The molecule has 4 heteroatoms. The fourth-order valence-electron chi connectivity index (χ4n) is 1.95. The second kappa shape index (κ2) is 4.70. The molecule has 0 N–H and O–H groups in total. The highest BCUT2D eigenvalue weighted by molar-refractivity contribution is 9.10. The molecule has 3 nitrogen and oxygen atoms in total. The van der Waals surface area contributed by atoms with E-state index in [1.165, 1.54) is 0 Å². The lowest BCUT2D eigenvalue weighted by atomic mass is 10.2. The Morgan fingerprint density at radius 3 is 2.63 bits per heavy atom. The molecular weight excluding hydrogens is 304 g/mol. The van der Waals surface area contributed by atoms with Crippen LogP contribution in [0.1, 0.15) is 0 Å². The van der Waals surface area contributed by atoms with Gasteiger partial charge in [-0.3, -0.25) is 0 Å². The molecule has 0 atom stereocenters. The Bertz CT molecular complexity index is 717. The van der Waals surface area contributed by atoms with Gasteiger partial charge in [-0.2, -0.15) is 0 Å². The van der Waals surface area contributed by atoms with Gasteiger partial charge < -0.3 is 9.32 Å². The normalized spacial score (nSPS) is 10.9. The first-order chi connectivity index (χ1) is 9.13. The highest BCUT2D eigenvalue weighted by Gasteiger charge is 2.07. The van der Waals surface area contributed by atoms with Crippen LogP contribution in [-0.2, 0) is 0 Å². The minimum Gasteiger partial charge on any atom is -0.456 e. The third-order valence-electron chi connectivity index (χ3n) is 2.97. The predicted octanol–water partition coefficient (Wildman–Crippen LogP) is 4.32. The molecule has 2 aromatic heterocycles. The third-order valence-corrected chi connectivity index (χ3v) is 3.46. The van der Waals surface area contributed by atoms with E-state index in [0.717, 1.165) is 32.6 Å². The zero-order chi connectivity index (χ0) is 13.4. The van der Waals surface area contributed by atoms with Gasteiger partial charge in [0, 0.05) is 35.7 Å². The number of aromatic nitrogens is 1. The second-order valence-electron chi connectivity index (χ2n) is 4.59. The molecule has 0 bridgehead atoms. The molecule has 96 valence electrons. The zero-order valence-corrected chi connectivity index (χ0v) is 12.3.